The molecule has 0 saturated carbocycles. The van der Waals surface area contributed by atoms with Crippen LogP contribution in [-0.4, -0.2) is 35.1 Å². The molecule has 0 atom stereocenters. The third kappa shape index (κ3) is 88.2. The van der Waals surface area contributed by atoms with Crippen molar-refractivity contribution in [2.24, 2.45) is 0 Å². The maximum Gasteiger partial charge on any atom is 0.0609 e. The monoisotopic (exact) mass is 190 g/mol. The molecule has 0 rings (SSSR count). The summed E-state index contributed by atoms with van der Waals surface area (Å²) < 4.78 is 0. The highest BCUT2D eigenvalue weighted by Crippen LogP contribution is 1.78. The largest absolute Gasteiger partial charge is 0.396 e. The third-order valence-electron chi connectivity index (χ3n) is 0.770. The summed E-state index contributed by atoms with van der Waals surface area (Å²) >= 11 is 0. The summed E-state index contributed by atoms with van der Waals surface area (Å²) in [5.41, 5.74) is 0. The van der Waals surface area contributed by atoms with Crippen LogP contribution in [0.5, 0.6) is 0 Å². The fourth-order valence-corrected chi connectivity index (χ4v) is 0.158. The van der Waals surface area contributed by atoms with Crippen molar-refractivity contribution < 1.29 is 15.3 Å². The summed E-state index contributed by atoms with van der Waals surface area (Å²) in [6.07, 6.45) is 4.90. The fraction of sp³-hybridized carbons (Fsp3) is 0.600. The summed E-state index contributed by atoms with van der Waals surface area (Å²) in [5.74, 6) is 0. The molecule has 0 saturated heterocycles. The van der Waals surface area contributed by atoms with Crippen LogP contribution >= 0.6 is 0 Å². The van der Waals surface area contributed by atoms with Gasteiger partial charge in [-0.3, -0.25) is 0 Å². The van der Waals surface area contributed by atoms with Gasteiger partial charge in [0.05, 0.1) is 13.2 Å². The lowest BCUT2D eigenvalue weighted by Gasteiger charge is -1.79. The van der Waals surface area contributed by atoms with E-state index in [4.69, 9.17) is 15.3 Å². The second kappa shape index (κ2) is 30.1. The zero-order valence-corrected chi connectivity index (χ0v) is 8.45. The van der Waals surface area contributed by atoms with Crippen molar-refractivity contribution in [2.75, 3.05) is 19.8 Å². The molecule has 3 heteroatoms. The molecule has 3 N–H and O–H groups in total. The lowest BCUT2D eigenvalue weighted by Crippen LogP contribution is -1.75. The van der Waals surface area contributed by atoms with Gasteiger partial charge in [-0.1, -0.05) is 25.5 Å². The minimum Gasteiger partial charge on any atom is -0.396 e. The summed E-state index contributed by atoms with van der Waals surface area (Å²) in [6, 6.07) is 0. The Balaban J connectivity index is -0.000000117. The molecule has 13 heavy (non-hydrogen) atoms. The number of aliphatic hydroxyl groups is 3. The number of aliphatic hydroxyl groups excluding tert-OH is 3. The van der Waals surface area contributed by atoms with Crippen LogP contribution in [0.15, 0.2) is 25.3 Å². The average Bonchev–Trinajstić information content (AvgIpc) is 2.20. The van der Waals surface area contributed by atoms with E-state index in [1.165, 1.54) is 12.2 Å². The van der Waals surface area contributed by atoms with Crippen molar-refractivity contribution in [1.29, 1.82) is 0 Å². The van der Waals surface area contributed by atoms with E-state index in [0.717, 1.165) is 12.8 Å². The molecular weight excluding hydrogens is 168 g/mol. The Morgan fingerprint density at radius 1 is 1.00 bits per heavy atom. The van der Waals surface area contributed by atoms with E-state index >= 15 is 0 Å². The van der Waals surface area contributed by atoms with Crippen LogP contribution in [0.3, 0.4) is 0 Å². The van der Waals surface area contributed by atoms with Gasteiger partial charge in [0.2, 0.25) is 0 Å². The van der Waals surface area contributed by atoms with Crippen molar-refractivity contribution in [3.05, 3.63) is 25.3 Å². The first-order valence-corrected chi connectivity index (χ1v) is 4.29. The van der Waals surface area contributed by atoms with Crippen molar-refractivity contribution in [2.45, 2.75) is 19.8 Å². The van der Waals surface area contributed by atoms with Crippen molar-refractivity contribution in [3.63, 3.8) is 0 Å². The van der Waals surface area contributed by atoms with Crippen LogP contribution in [0.25, 0.3) is 0 Å². The summed E-state index contributed by atoms with van der Waals surface area (Å²) in [6.45, 7) is 9.02. The average molecular weight is 190 g/mol. The lowest BCUT2D eigenvalue weighted by molar-refractivity contribution is 0.287. The van der Waals surface area contributed by atoms with Gasteiger partial charge in [0.15, 0.2) is 0 Å². The van der Waals surface area contributed by atoms with Crippen molar-refractivity contribution in [3.8, 4) is 0 Å². The molecule has 0 radical (unpaired) electrons. The maximum atomic E-state index is 8.07. The zero-order chi connectivity index (χ0) is 10.9. The molecule has 0 aromatic heterocycles. The van der Waals surface area contributed by atoms with Crippen LogP contribution in [0.2, 0.25) is 0 Å². The topological polar surface area (TPSA) is 60.7 Å². The molecule has 0 fully saturated rings. The van der Waals surface area contributed by atoms with Gasteiger partial charge in [-0.05, 0) is 6.42 Å². The molecule has 0 amide bonds. The Kier molecular flexibility index (Phi) is 42.2. The third-order valence-corrected chi connectivity index (χ3v) is 0.770. The molecule has 0 aromatic rings. The van der Waals surface area contributed by atoms with E-state index in [2.05, 4.69) is 20.1 Å². The van der Waals surface area contributed by atoms with E-state index < -0.39 is 0 Å². The van der Waals surface area contributed by atoms with Crippen molar-refractivity contribution in [1.82, 2.24) is 0 Å². The first kappa shape index (κ1) is 18.2. The fourth-order valence-electron chi connectivity index (χ4n) is 0.158. The smallest absolute Gasteiger partial charge is 0.0609 e. The van der Waals surface area contributed by atoms with Gasteiger partial charge in [0, 0.05) is 6.61 Å². The van der Waals surface area contributed by atoms with Crippen LogP contribution in [0.4, 0.5) is 0 Å². The summed E-state index contributed by atoms with van der Waals surface area (Å²) in [5, 5.41) is 23.6. The Hall–Kier alpha value is -0.640. The van der Waals surface area contributed by atoms with Gasteiger partial charge in [-0.15, -0.1) is 13.2 Å². The number of hydrogen-bond acceptors (Lipinski definition) is 3. The molecule has 3 nitrogen and oxygen atoms in total. The molecule has 0 bridgehead atoms. The Morgan fingerprint density at radius 2 is 1.31 bits per heavy atom. The van der Waals surface area contributed by atoms with E-state index in [9.17, 15) is 0 Å². The first-order valence-electron chi connectivity index (χ1n) is 4.29. The van der Waals surface area contributed by atoms with Gasteiger partial charge in [0.25, 0.3) is 0 Å². The Labute approximate surface area is 81.0 Å². The minimum atomic E-state index is 0.0833. The highest BCUT2D eigenvalue weighted by molar-refractivity contribution is 4.61. The van der Waals surface area contributed by atoms with Gasteiger partial charge >= 0.3 is 0 Å². The molecule has 0 unspecified atom stereocenters. The highest BCUT2D eigenvalue weighted by Gasteiger charge is 1.69. The SMILES string of the molecule is C=CCO.C=CCO.CCCCO. The highest BCUT2D eigenvalue weighted by atomic mass is 16.3. The second-order valence-corrected chi connectivity index (χ2v) is 2.02. The standard InChI is InChI=1S/C4H10O.2C3H6O/c1-2-3-4-5;2*1-2-3-4/h5H,2-4H2,1H3;2*2,4H,1,3H2. The Morgan fingerprint density at radius 3 is 1.31 bits per heavy atom. The van der Waals surface area contributed by atoms with Gasteiger partial charge in [0.1, 0.15) is 0 Å². The van der Waals surface area contributed by atoms with Crippen LogP contribution < -0.4 is 0 Å². The predicted octanol–water partition coefficient (Wildman–Crippen LogP) is 1.11. The normalized spacial score (nSPS) is 7.08. The molecule has 0 aliphatic rings. The van der Waals surface area contributed by atoms with Crippen molar-refractivity contribution >= 4 is 0 Å². The number of rotatable bonds is 4. The Bertz CT molecular complexity index is 72.2. The zero-order valence-electron chi connectivity index (χ0n) is 8.45. The van der Waals surface area contributed by atoms with E-state index in [-0.39, 0.29) is 13.2 Å². The number of unbranched alkanes of at least 4 members (excludes halogenated alkanes) is 1. The van der Waals surface area contributed by atoms with Crippen LogP contribution in [0, 0.1) is 0 Å². The predicted molar refractivity (Wildman–Crippen MR) is 56.6 cm³/mol. The summed E-state index contributed by atoms with van der Waals surface area (Å²) in [7, 11) is 0. The number of hydrogen-bond donors (Lipinski definition) is 3. The van der Waals surface area contributed by atoms with Gasteiger partial charge in [-0.2, -0.15) is 0 Å². The maximum absolute atomic E-state index is 8.07. The molecule has 0 spiro atoms. The van der Waals surface area contributed by atoms with Gasteiger partial charge in [-0.25, -0.2) is 0 Å². The molecular formula is C10H22O3. The molecule has 0 aliphatic carbocycles. The molecule has 0 heterocycles. The molecule has 0 aliphatic heterocycles. The van der Waals surface area contributed by atoms with Gasteiger partial charge < -0.3 is 15.3 Å². The summed E-state index contributed by atoms with van der Waals surface area (Å²) in [4.78, 5) is 0. The van der Waals surface area contributed by atoms with E-state index in [1.807, 2.05) is 0 Å². The van der Waals surface area contributed by atoms with E-state index in [1.54, 1.807) is 0 Å². The minimum absolute atomic E-state index is 0.0833. The van der Waals surface area contributed by atoms with Crippen LogP contribution in [-0.2, 0) is 0 Å². The van der Waals surface area contributed by atoms with E-state index in [0.29, 0.717) is 6.61 Å². The molecule has 80 valence electrons. The first-order chi connectivity index (χ1) is 6.24. The lowest BCUT2D eigenvalue weighted by atomic mass is 10.4. The quantitative estimate of drug-likeness (QED) is 0.582. The molecule has 0 aromatic carbocycles. The second-order valence-electron chi connectivity index (χ2n) is 2.02. The van der Waals surface area contributed by atoms with Crippen LogP contribution in [0.1, 0.15) is 19.8 Å².